The third-order valence-corrected chi connectivity index (χ3v) is 4.25. The van der Waals surface area contributed by atoms with Crippen molar-refractivity contribution in [3.8, 4) is 0 Å². The van der Waals surface area contributed by atoms with Crippen molar-refractivity contribution in [3.63, 3.8) is 0 Å². The molecule has 0 radical (unpaired) electrons. The van der Waals surface area contributed by atoms with E-state index in [0.717, 1.165) is 16.5 Å². The Hall–Kier alpha value is -2.59. The van der Waals surface area contributed by atoms with Gasteiger partial charge in [-0.2, -0.15) is 0 Å². The monoisotopic (exact) mass is 322 g/mol. The van der Waals surface area contributed by atoms with Crippen molar-refractivity contribution in [3.05, 3.63) is 71.9 Å². The van der Waals surface area contributed by atoms with Crippen LogP contribution < -0.4 is 5.32 Å². The van der Waals surface area contributed by atoms with Gasteiger partial charge in [0.25, 0.3) is 5.91 Å². The first kappa shape index (κ1) is 16.3. The Bertz CT molecular complexity index is 809. The fourth-order valence-electron chi connectivity index (χ4n) is 3.07. The highest BCUT2D eigenvalue weighted by atomic mass is 16.3. The summed E-state index contributed by atoms with van der Waals surface area (Å²) in [5.74, 6) is -0.00713. The second kappa shape index (κ2) is 7.32. The molecule has 1 heterocycles. The first-order valence-corrected chi connectivity index (χ1v) is 8.22. The maximum Gasteiger partial charge on any atom is 0.251 e. The minimum absolute atomic E-state index is 0.0839. The van der Waals surface area contributed by atoms with E-state index in [4.69, 9.17) is 0 Å². The Morgan fingerprint density at radius 2 is 1.92 bits per heavy atom. The number of H-pyrrole nitrogens is 1. The average Bonchev–Trinajstić information content (AvgIpc) is 3.07. The third-order valence-electron chi connectivity index (χ3n) is 4.25. The minimum atomic E-state index is -0.416. The predicted molar refractivity (Wildman–Crippen MR) is 96.1 cm³/mol. The molecule has 3 rings (SSSR count). The summed E-state index contributed by atoms with van der Waals surface area (Å²) in [6.07, 6.45) is 2.03. The Morgan fingerprint density at radius 1 is 1.12 bits per heavy atom. The summed E-state index contributed by atoms with van der Waals surface area (Å²) in [5.41, 5.74) is 2.74. The van der Waals surface area contributed by atoms with Crippen molar-refractivity contribution in [2.24, 2.45) is 0 Å². The van der Waals surface area contributed by atoms with Crippen LogP contribution in [0.25, 0.3) is 10.9 Å². The first-order chi connectivity index (χ1) is 11.6. The second-order valence-corrected chi connectivity index (χ2v) is 6.15. The lowest BCUT2D eigenvalue weighted by Crippen LogP contribution is -2.29. The number of carbonyl (C=O) groups is 1. The number of aliphatic hydroxyl groups is 1. The average molecular weight is 322 g/mol. The van der Waals surface area contributed by atoms with Gasteiger partial charge in [-0.3, -0.25) is 4.79 Å². The molecule has 0 aliphatic carbocycles. The van der Waals surface area contributed by atoms with Gasteiger partial charge in [0.2, 0.25) is 0 Å². The van der Waals surface area contributed by atoms with E-state index in [1.807, 2.05) is 60.8 Å². The highest BCUT2D eigenvalue weighted by Gasteiger charge is 2.17. The quantitative estimate of drug-likeness (QED) is 0.651. The minimum Gasteiger partial charge on any atom is -0.393 e. The molecule has 124 valence electrons. The van der Waals surface area contributed by atoms with Crippen molar-refractivity contribution in [2.45, 2.75) is 25.4 Å². The molecule has 0 unspecified atom stereocenters. The Morgan fingerprint density at radius 3 is 2.67 bits per heavy atom. The molecule has 1 amide bonds. The number of amides is 1. The van der Waals surface area contributed by atoms with Crippen LogP contribution in [0.5, 0.6) is 0 Å². The molecular weight excluding hydrogens is 300 g/mol. The molecule has 4 nitrogen and oxygen atoms in total. The van der Waals surface area contributed by atoms with Gasteiger partial charge >= 0.3 is 0 Å². The molecule has 4 heteroatoms. The smallest absolute Gasteiger partial charge is 0.251 e. The van der Waals surface area contributed by atoms with Crippen molar-refractivity contribution in [1.29, 1.82) is 0 Å². The summed E-state index contributed by atoms with van der Waals surface area (Å²) in [7, 11) is 0. The number of hydrogen-bond acceptors (Lipinski definition) is 2. The van der Waals surface area contributed by atoms with Gasteiger partial charge in [0.1, 0.15) is 0 Å². The lowest BCUT2D eigenvalue weighted by atomic mass is 9.93. The van der Waals surface area contributed by atoms with Crippen LogP contribution in [0.15, 0.2) is 60.8 Å². The zero-order chi connectivity index (χ0) is 16.9. The number of hydrogen-bond donors (Lipinski definition) is 3. The number of benzene rings is 2. The number of carbonyl (C=O) groups excluding carboxylic acids is 1. The normalized spacial score (nSPS) is 13.6. The van der Waals surface area contributed by atoms with E-state index < -0.39 is 6.10 Å². The van der Waals surface area contributed by atoms with Crippen molar-refractivity contribution in [1.82, 2.24) is 10.3 Å². The molecule has 2 atom stereocenters. The van der Waals surface area contributed by atoms with Gasteiger partial charge in [-0.25, -0.2) is 0 Å². The van der Waals surface area contributed by atoms with Gasteiger partial charge in [-0.1, -0.05) is 36.4 Å². The number of aromatic nitrogens is 1. The van der Waals surface area contributed by atoms with Crippen LogP contribution in [0.3, 0.4) is 0 Å². The van der Waals surface area contributed by atoms with E-state index in [1.165, 1.54) is 0 Å². The topological polar surface area (TPSA) is 65.1 Å². The van der Waals surface area contributed by atoms with E-state index in [-0.39, 0.29) is 11.8 Å². The summed E-state index contributed by atoms with van der Waals surface area (Å²) in [6, 6.07) is 17.6. The Labute approximate surface area is 141 Å². The van der Waals surface area contributed by atoms with Gasteiger partial charge in [0.05, 0.1) is 6.10 Å². The van der Waals surface area contributed by atoms with Gasteiger partial charge in [0, 0.05) is 35.1 Å². The summed E-state index contributed by atoms with van der Waals surface area (Å²) in [4.78, 5) is 15.7. The number of fused-ring (bicyclic) bond motifs is 1. The highest BCUT2D eigenvalue weighted by molar-refractivity contribution is 6.06. The third kappa shape index (κ3) is 3.66. The van der Waals surface area contributed by atoms with Crippen LogP contribution >= 0.6 is 0 Å². The molecule has 0 fully saturated rings. The molecule has 3 aromatic rings. The van der Waals surface area contributed by atoms with Crippen LogP contribution in [0, 0.1) is 0 Å². The molecule has 24 heavy (non-hydrogen) atoms. The molecule has 1 aromatic heterocycles. The van der Waals surface area contributed by atoms with Crippen molar-refractivity contribution < 1.29 is 9.90 Å². The number of aromatic amines is 1. The summed E-state index contributed by atoms with van der Waals surface area (Å²) < 4.78 is 0. The largest absolute Gasteiger partial charge is 0.393 e. The fraction of sp³-hybridized carbons (Fsp3) is 0.250. The lowest BCUT2D eigenvalue weighted by Gasteiger charge is -2.20. The summed E-state index contributed by atoms with van der Waals surface area (Å²) in [5, 5.41) is 13.7. The predicted octanol–water partition coefficient (Wildman–Crippen LogP) is 3.45. The lowest BCUT2D eigenvalue weighted by molar-refractivity contribution is 0.0947. The molecular formula is C20H22N2O2. The van der Waals surface area contributed by atoms with Gasteiger partial charge < -0.3 is 15.4 Å². The Kier molecular flexibility index (Phi) is 4.96. The standard InChI is InChI=1S/C20H22N2O2/c1-14(23)12-16(15-6-3-2-4-7-15)13-22-20(24)18-8-5-9-19-17(18)10-11-21-19/h2-11,14,16,21,23H,12-13H2,1H3,(H,22,24)/t14-,16+/m0/s1. The maximum atomic E-state index is 12.6. The van der Waals surface area contributed by atoms with Gasteiger partial charge in [-0.15, -0.1) is 0 Å². The number of nitrogens with one attached hydrogen (secondary N) is 2. The molecule has 0 aliphatic heterocycles. The van der Waals surface area contributed by atoms with E-state index in [9.17, 15) is 9.90 Å². The maximum absolute atomic E-state index is 12.6. The molecule has 0 saturated heterocycles. The van der Waals surface area contributed by atoms with Gasteiger partial charge in [0.15, 0.2) is 0 Å². The summed E-state index contributed by atoms with van der Waals surface area (Å²) >= 11 is 0. The molecule has 0 bridgehead atoms. The van der Waals surface area contributed by atoms with Crippen LogP contribution in [0.2, 0.25) is 0 Å². The molecule has 0 aliphatic rings. The van der Waals surface area contributed by atoms with Crippen LogP contribution in [0.4, 0.5) is 0 Å². The highest BCUT2D eigenvalue weighted by Crippen LogP contribution is 2.21. The van der Waals surface area contributed by atoms with Crippen molar-refractivity contribution >= 4 is 16.8 Å². The second-order valence-electron chi connectivity index (χ2n) is 6.15. The molecule has 0 saturated carbocycles. The van der Waals surface area contributed by atoms with E-state index in [2.05, 4.69) is 10.3 Å². The van der Waals surface area contributed by atoms with E-state index >= 15 is 0 Å². The first-order valence-electron chi connectivity index (χ1n) is 8.22. The van der Waals surface area contributed by atoms with Crippen LogP contribution in [-0.4, -0.2) is 28.6 Å². The van der Waals surface area contributed by atoms with Gasteiger partial charge in [-0.05, 0) is 37.1 Å². The molecule has 2 aromatic carbocycles. The van der Waals surface area contributed by atoms with E-state index in [0.29, 0.717) is 18.5 Å². The number of aliphatic hydroxyl groups excluding tert-OH is 1. The molecule has 3 N–H and O–H groups in total. The van der Waals surface area contributed by atoms with Crippen molar-refractivity contribution in [2.75, 3.05) is 6.54 Å². The zero-order valence-corrected chi connectivity index (χ0v) is 13.7. The Balaban J connectivity index is 1.74. The SMILES string of the molecule is C[C@H](O)C[C@H](CNC(=O)c1cccc2[nH]ccc12)c1ccccc1. The number of rotatable bonds is 6. The zero-order valence-electron chi connectivity index (χ0n) is 13.7. The fourth-order valence-corrected chi connectivity index (χ4v) is 3.07. The molecule has 0 spiro atoms. The van der Waals surface area contributed by atoms with E-state index in [1.54, 1.807) is 6.92 Å². The van der Waals surface area contributed by atoms with Crippen LogP contribution in [-0.2, 0) is 0 Å². The van der Waals surface area contributed by atoms with Crippen LogP contribution in [0.1, 0.15) is 35.2 Å². The summed E-state index contributed by atoms with van der Waals surface area (Å²) in [6.45, 7) is 2.27.